The molecule has 2 unspecified atom stereocenters. The van der Waals surface area contributed by atoms with Crippen LogP contribution in [0.1, 0.15) is 46.1 Å². The highest BCUT2D eigenvalue weighted by Crippen LogP contribution is 2.29. The fraction of sp³-hybridized carbons (Fsp3) is 0.647. The molecule has 3 heteroatoms. The summed E-state index contributed by atoms with van der Waals surface area (Å²) in [5, 5.41) is 3.48. The van der Waals surface area contributed by atoms with Crippen LogP contribution in [0.5, 0.6) is 11.5 Å². The molecular formula is C17H29NO2. The molecule has 0 spiro atoms. The van der Waals surface area contributed by atoms with Crippen LogP contribution in [0.4, 0.5) is 0 Å². The van der Waals surface area contributed by atoms with E-state index in [0.717, 1.165) is 37.3 Å². The Bertz CT molecular complexity index is 393. The molecule has 1 N–H and O–H groups in total. The second kappa shape index (κ2) is 8.85. The van der Waals surface area contributed by atoms with E-state index in [0.29, 0.717) is 6.04 Å². The Labute approximate surface area is 123 Å². The summed E-state index contributed by atoms with van der Waals surface area (Å²) in [7, 11) is 1.69. The van der Waals surface area contributed by atoms with Gasteiger partial charge in [-0.3, -0.25) is 0 Å². The molecular weight excluding hydrogens is 250 g/mol. The molecule has 0 aliphatic carbocycles. The van der Waals surface area contributed by atoms with Crippen LogP contribution in [0.25, 0.3) is 0 Å². The third-order valence-electron chi connectivity index (χ3n) is 3.39. The quantitative estimate of drug-likeness (QED) is 0.745. The molecule has 1 aromatic rings. The molecule has 0 bridgehead atoms. The highest BCUT2D eigenvalue weighted by Gasteiger charge is 2.12. The molecule has 0 amide bonds. The Morgan fingerprint density at radius 2 is 1.90 bits per heavy atom. The van der Waals surface area contributed by atoms with Gasteiger partial charge in [0, 0.05) is 6.04 Å². The van der Waals surface area contributed by atoms with Crippen LogP contribution < -0.4 is 14.8 Å². The number of hydrogen-bond donors (Lipinski definition) is 1. The van der Waals surface area contributed by atoms with Crippen molar-refractivity contribution >= 4 is 0 Å². The van der Waals surface area contributed by atoms with Crippen molar-refractivity contribution in [2.45, 2.75) is 59.1 Å². The lowest BCUT2D eigenvalue weighted by Crippen LogP contribution is -2.31. The summed E-state index contributed by atoms with van der Waals surface area (Å²) >= 11 is 0. The third-order valence-corrected chi connectivity index (χ3v) is 3.39. The van der Waals surface area contributed by atoms with Gasteiger partial charge in [-0.25, -0.2) is 0 Å². The van der Waals surface area contributed by atoms with Crippen molar-refractivity contribution in [3.63, 3.8) is 0 Å². The van der Waals surface area contributed by atoms with E-state index in [4.69, 9.17) is 9.47 Å². The van der Waals surface area contributed by atoms with Crippen LogP contribution in [0, 0.1) is 0 Å². The van der Waals surface area contributed by atoms with Crippen molar-refractivity contribution in [3.05, 3.63) is 23.8 Å². The molecule has 0 aliphatic heterocycles. The molecule has 0 fully saturated rings. The van der Waals surface area contributed by atoms with Gasteiger partial charge in [0.15, 0.2) is 11.5 Å². The molecule has 0 aliphatic rings. The first-order chi connectivity index (χ1) is 9.60. The van der Waals surface area contributed by atoms with Gasteiger partial charge in [0.1, 0.15) is 0 Å². The minimum absolute atomic E-state index is 0.163. The lowest BCUT2D eigenvalue weighted by Gasteiger charge is -2.21. The van der Waals surface area contributed by atoms with Crippen LogP contribution in [0.3, 0.4) is 0 Å². The zero-order chi connectivity index (χ0) is 15.0. The van der Waals surface area contributed by atoms with E-state index in [1.165, 1.54) is 5.56 Å². The van der Waals surface area contributed by atoms with E-state index in [1.54, 1.807) is 7.11 Å². The van der Waals surface area contributed by atoms with Gasteiger partial charge in [-0.05, 0) is 57.4 Å². The second-order valence-electron chi connectivity index (χ2n) is 5.36. The van der Waals surface area contributed by atoms with Crippen LogP contribution in [0.2, 0.25) is 0 Å². The zero-order valence-electron chi connectivity index (χ0n) is 13.5. The lowest BCUT2D eigenvalue weighted by atomic mass is 10.1. The number of ether oxygens (including phenoxy) is 2. The van der Waals surface area contributed by atoms with Gasteiger partial charge in [-0.2, -0.15) is 0 Å². The van der Waals surface area contributed by atoms with Gasteiger partial charge in [-0.1, -0.05) is 19.9 Å². The number of methoxy groups -OCH3 is 1. The van der Waals surface area contributed by atoms with Crippen molar-refractivity contribution in [3.8, 4) is 11.5 Å². The van der Waals surface area contributed by atoms with Gasteiger partial charge in [-0.15, -0.1) is 0 Å². The van der Waals surface area contributed by atoms with Gasteiger partial charge in [0.05, 0.1) is 13.2 Å². The summed E-state index contributed by atoms with van der Waals surface area (Å²) < 4.78 is 11.4. The fourth-order valence-electron chi connectivity index (χ4n) is 2.27. The SMILES string of the molecule is CCCNC(C)CC(C)Oc1ccc(CC)cc1OC. The molecule has 0 aromatic heterocycles. The molecule has 3 nitrogen and oxygen atoms in total. The highest BCUT2D eigenvalue weighted by atomic mass is 16.5. The second-order valence-corrected chi connectivity index (χ2v) is 5.36. The highest BCUT2D eigenvalue weighted by molar-refractivity contribution is 5.43. The summed E-state index contributed by atoms with van der Waals surface area (Å²) in [6.45, 7) is 9.69. The van der Waals surface area contributed by atoms with E-state index < -0.39 is 0 Å². The fourth-order valence-corrected chi connectivity index (χ4v) is 2.27. The summed E-state index contributed by atoms with van der Waals surface area (Å²) in [4.78, 5) is 0. The molecule has 1 rings (SSSR count). The topological polar surface area (TPSA) is 30.5 Å². The smallest absolute Gasteiger partial charge is 0.161 e. The Kier molecular flexibility index (Phi) is 7.45. The molecule has 1 aromatic carbocycles. The summed E-state index contributed by atoms with van der Waals surface area (Å²) in [6.07, 6.45) is 3.31. The van der Waals surface area contributed by atoms with E-state index in [9.17, 15) is 0 Å². The first kappa shape index (κ1) is 16.8. The third kappa shape index (κ3) is 5.41. The predicted molar refractivity (Wildman–Crippen MR) is 84.8 cm³/mol. The molecule has 20 heavy (non-hydrogen) atoms. The van der Waals surface area contributed by atoms with Crippen LogP contribution in [-0.4, -0.2) is 25.8 Å². The first-order valence-corrected chi connectivity index (χ1v) is 7.67. The van der Waals surface area contributed by atoms with Gasteiger partial charge in [0.25, 0.3) is 0 Å². The molecule has 2 atom stereocenters. The number of rotatable bonds is 9. The van der Waals surface area contributed by atoms with Crippen LogP contribution in [-0.2, 0) is 6.42 Å². The maximum Gasteiger partial charge on any atom is 0.161 e. The van der Waals surface area contributed by atoms with Crippen molar-refractivity contribution in [1.29, 1.82) is 0 Å². The monoisotopic (exact) mass is 279 g/mol. The van der Waals surface area contributed by atoms with E-state index in [1.807, 2.05) is 6.07 Å². The minimum Gasteiger partial charge on any atom is -0.493 e. The zero-order valence-corrected chi connectivity index (χ0v) is 13.5. The summed E-state index contributed by atoms with van der Waals surface area (Å²) in [5.41, 5.74) is 1.26. The molecule has 0 saturated heterocycles. The summed E-state index contributed by atoms with van der Waals surface area (Å²) in [5.74, 6) is 1.66. The maximum atomic E-state index is 6.02. The van der Waals surface area contributed by atoms with Crippen molar-refractivity contribution in [2.75, 3.05) is 13.7 Å². The predicted octanol–water partition coefficient (Wildman–Crippen LogP) is 3.80. The largest absolute Gasteiger partial charge is 0.493 e. The average Bonchev–Trinajstić information content (AvgIpc) is 2.45. The van der Waals surface area contributed by atoms with Gasteiger partial charge < -0.3 is 14.8 Å². The van der Waals surface area contributed by atoms with Crippen molar-refractivity contribution in [1.82, 2.24) is 5.32 Å². The number of benzene rings is 1. The molecule has 0 saturated carbocycles. The first-order valence-electron chi connectivity index (χ1n) is 7.67. The van der Waals surface area contributed by atoms with Gasteiger partial charge in [0.2, 0.25) is 0 Å². The Morgan fingerprint density at radius 1 is 1.15 bits per heavy atom. The Hall–Kier alpha value is -1.22. The maximum absolute atomic E-state index is 6.02. The molecule has 0 radical (unpaired) electrons. The summed E-state index contributed by atoms with van der Waals surface area (Å²) in [6, 6.07) is 6.63. The lowest BCUT2D eigenvalue weighted by molar-refractivity contribution is 0.188. The minimum atomic E-state index is 0.163. The number of hydrogen-bond acceptors (Lipinski definition) is 3. The van der Waals surface area contributed by atoms with Crippen molar-refractivity contribution < 1.29 is 9.47 Å². The van der Waals surface area contributed by atoms with Crippen molar-refractivity contribution in [2.24, 2.45) is 0 Å². The van der Waals surface area contributed by atoms with Crippen LogP contribution >= 0.6 is 0 Å². The normalized spacial score (nSPS) is 13.8. The van der Waals surface area contributed by atoms with Gasteiger partial charge >= 0.3 is 0 Å². The average molecular weight is 279 g/mol. The van der Waals surface area contributed by atoms with E-state index >= 15 is 0 Å². The van der Waals surface area contributed by atoms with E-state index in [-0.39, 0.29) is 6.10 Å². The number of nitrogens with one attached hydrogen (secondary N) is 1. The van der Waals surface area contributed by atoms with Crippen LogP contribution in [0.15, 0.2) is 18.2 Å². The van der Waals surface area contributed by atoms with E-state index in [2.05, 4.69) is 45.1 Å². The standard InChI is InChI=1S/C17H29NO2/c1-6-10-18-13(3)11-14(4)20-16-9-8-15(7-2)12-17(16)19-5/h8-9,12-14,18H,6-7,10-11H2,1-5H3. The number of aryl methyl sites for hydroxylation is 1. The molecule has 0 heterocycles. The Morgan fingerprint density at radius 3 is 2.50 bits per heavy atom. The molecule has 114 valence electrons. The Balaban J connectivity index is 2.58.